The second-order valence-electron chi connectivity index (χ2n) is 6.12. The third-order valence-electron chi connectivity index (χ3n) is 3.36. The number of hydrogen-bond donors (Lipinski definition) is 1. The van der Waals surface area contributed by atoms with E-state index in [0.29, 0.717) is 0 Å². The molecule has 3 nitrogen and oxygen atoms in total. The zero-order chi connectivity index (χ0) is 13.6. The number of aromatic nitrogens is 2. The number of thiazole rings is 2. The zero-order valence-corrected chi connectivity index (χ0v) is 13.2. The van der Waals surface area contributed by atoms with Gasteiger partial charge in [0.2, 0.25) is 0 Å². The molecule has 1 atom stereocenters. The molecule has 0 spiro atoms. The van der Waals surface area contributed by atoms with Crippen molar-refractivity contribution >= 4 is 22.7 Å². The van der Waals surface area contributed by atoms with Crippen molar-refractivity contribution in [2.24, 2.45) is 5.73 Å². The van der Waals surface area contributed by atoms with Crippen molar-refractivity contribution in [2.45, 2.75) is 51.5 Å². The second kappa shape index (κ2) is 4.65. The maximum absolute atomic E-state index is 6.16. The molecule has 0 saturated carbocycles. The molecular weight excluding hydrogens is 274 g/mol. The van der Waals surface area contributed by atoms with Crippen LogP contribution >= 0.6 is 22.7 Å². The molecule has 1 unspecified atom stereocenters. The van der Waals surface area contributed by atoms with E-state index in [0.717, 1.165) is 30.0 Å². The van der Waals surface area contributed by atoms with Gasteiger partial charge in [-0.15, -0.1) is 22.7 Å². The van der Waals surface area contributed by atoms with Gasteiger partial charge in [-0.25, -0.2) is 9.97 Å². The maximum atomic E-state index is 6.16. The minimum Gasteiger partial charge on any atom is -0.323 e. The molecule has 2 aromatic rings. The molecule has 0 aromatic carbocycles. The fourth-order valence-corrected chi connectivity index (χ4v) is 4.35. The van der Waals surface area contributed by atoms with E-state index in [2.05, 4.69) is 26.2 Å². The lowest BCUT2D eigenvalue weighted by Gasteiger charge is -2.15. The SMILES string of the molecule is CC(C)(C)c1nc(-c2nc3c(s2)C(N)CCC3)cs1. The van der Waals surface area contributed by atoms with E-state index >= 15 is 0 Å². The van der Waals surface area contributed by atoms with Crippen LogP contribution in [0.15, 0.2) is 5.38 Å². The molecule has 1 aliphatic rings. The first-order valence-electron chi connectivity index (χ1n) is 6.66. The maximum Gasteiger partial charge on any atom is 0.143 e. The van der Waals surface area contributed by atoms with Crippen LogP contribution in [0.3, 0.4) is 0 Å². The molecule has 2 N–H and O–H groups in total. The van der Waals surface area contributed by atoms with Gasteiger partial charge in [0.25, 0.3) is 0 Å². The minimum absolute atomic E-state index is 0.107. The Morgan fingerprint density at radius 3 is 2.74 bits per heavy atom. The molecule has 3 rings (SSSR count). The molecule has 5 heteroatoms. The van der Waals surface area contributed by atoms with Crippen LogP contribution in [-0.4, -0.2) is 9.97 Å². The summed E-state index contributed by atoms with van der Waals surface area (Å²) in [5, 5.41) is 4.32. The van der Waals surface area contributed by atoms with Gasteiger partial charge >= 0.3 is 0 Å². The molecule has 19 heavy (non-hydrogen) atoms. The number of aryl methyl sites for hydroxylation is 1. The van der Waals surface area contributed by atoms with E-state index in [1.165, 1.54) is 15.6 Å². The predicted molar refractivity (Wildman–Crippen MR) is 81.8 cm³/mol. The lowest BCUT2D eigenvalue weighted by molar-refractivity contribution is 0.573. The molecule has 1 aliphatic carbocycles. The summed E-state index contributed by atoms with van der Waals surface area (Å²) in [4.78, 5) is 10.8. The topological polar surface area (TPSA) is 51.8 Å². The first kappa shape index (κ1) is 13.2. The fourth-order valence-electron chi connectivity index (χ4n) is 2.28. The Labute approximate surface area is 121 Å². The summed E-state index contributed by atoms with van der Waals surface area (Å²) in [5.41, 5.74) is 8.49. The number of rotatable bonds is 1. The molecule has 2 aromatic heterocycles. The summed E-state index contributed by atoms with van der Waals surface area (Å²) >= 11 is 3.45. The Morgan fingerprint density at radius 1 is 1.32 bits per heavy atom. The standard InChI is InChI=1S/C14H19N3S2/c1-14(2,3)13-17-10(7-18-13)12-16-9-6-4-5-8(15)11(9)19-12/h7-8H,4-6,15H2,1-3H3. The summed E-state index contributed by atoms with van der Waals surface area (Å²) in [5.74, 6) is 0. The van der Waals surface area contributed by atoms with E-state index in [9.17, 15) is 0 Å². The Kier molecular flexibility index (Phi) is 3.23. The van der Waals surface area contributed by atoms with Gasteiger partial charge in [0.15, 0.2) is 0 Å². The molecule has 0 radical (unpaired) electrons. The highest BCUT2D eigenvalue weighted by Gasteiger charge is 2.24. The van der Waals surface area contributed by atoms with Crippen LogP contribution in [-0.2, 0) is 11.8 Å². The third kappa shape index (κ3) is 2.47. The summed E-state index contributed by atoms with van der Waals surface area (Å²) in [6.07, 6.45) is 3.30. The van der Waals surface area contributed by atoms with Crippen LogP contribution in [0.1, 0.15) is 55.2 Å². The number of fused-ring (bicyclic) bond motifs is 1. The lowest BCUT2D eigenvalue weighted by Crippen LogP contribution is -2.15. The van der Waals surface area contributed by atoms with E-state index < -0.39 is 0 Å². The van der Waals surface area contributed by atoms with Crippen molar-refractivity contribution in [1.29, 1.82) is 0 Å². The van der Waals surface area contributed by atoms with Gasteiger partial charge in [-0.1, -0.05) is 20.8 Å². The van der Waals surface area contributed by atoms with Crippen LogP contribution in [0.2, 0.25) is 0 Å². The molecule has 0 amide bonds. The van der Waals surface area contributed by atoms with E-state index in [4.69, 9.17) is 15.7 Å². The molecule has 0 bridgehead atoms. The smallest absolute Gasteiger partial charge is 0.143 e. The quantitative estimate of drug-likeness (QED) is 0.867. The number of nitrogens with zero attached hydrogens (tertiary/aromatic N) is 2. The van der Waals surface area contributed by atoms with Crippen molar-refractivity contribution in [3.63, 3.8) is 0 Å². The monoisotopic (exact) mass is 293 g/mol. The Balaban J connectivity index is 1.97. The van der Waals surface area contributed by atoms with E-state index in [-0.39, 0.29) is 11.5 Å². The zero-order valence-electron chi connectivity index (χ0n) is 11.6. The van der Waals surface area contributed by atoms with Gasteiger partial charge < -0.3 is 5.73 Å². The van der Waals surface area contributed by atoms with Gasteiger partial charge in [0.1, 0.15) is 10.7 Å². The van der Waals surface area contributed by atoms with Crippen molar-refractivity contribution in [2.75, 3.05) is 0 Å². The van der Waals surface area contributed by atoms with Gasteiger partial charge in [0, 0.05) is 21.7 Å². The van der Waals surface area contributed by atoms with Gasteiger partial charge in [-0.2, -0.15) is 0 Å². The Hall–Kier alpha value is -0.780. The van der Waals surface area contributed by atoms with Crippen LogP contribution < -0.4 is 5.73 Å². The molecule has 0 saturated heterocycles. The first-order valence-corrected chi connectivity index (χ1v) is 8.36. The second-order valence-corrected chi connectivity index (χ2v) is 8.01. The lowest BCUT2D eigenvalue weighted by atomic mass is 9.98. The van der Waals surface area contributed by atoms with E-state index in [1.54, 1.807) is 22.7 Å². The number of hydrogen-bond acceptors (Lipinski definition) is 5. The summed E-state index contributed by atoms with van der Waals surface area (Å²) in [7, 11) is 0. The number of nitrogens with two attached hydrogens (primary N) is 1. The van der Waals surface area contributed by atoms with Crippen LogP contribution in [0, 0.1) is 0 Å². The fraction of sp³-hybridized carbons (Fsp3) is 0.571. The highest BCUT2D eigenvalue weighted by atomic mass is 32.1. The molecule has 0 fully saturated rings. The van der Waals surface area contributed by atoms with Crippen molar-refractivity contribution in [3.05, 3.63) is 21.0 Å². The highest BCUT2D eigenvalue weighted by Crippen LogP contribution is 2.38. The minimum atomic E-state index is 0.107. The Bertz CT molecular complexity index is 592. The largest absolute Gasteiger partial charge is 0.323 e. The average molecular weight is 293 g/mol. The molecule has 2 heterocycles. The molecule has 0 aliphatic heterocycles. The van der Waals surface area contributed by atoms with Crippen LogP contribution in [0.4, 0.5) is 0 Å². The highest BCUT2D eigenvalue weighted by molar-refractivity contribution is 7.16. The van der Waals surface area contributed by atoms with Crippen molar-refractivity contribution in [3.8, 4) is 10.7 Å². The average Bonchev–Trinajstić information content (AvgIpc) is 2.94. The molecular formula is C14H19N3S2. The normalized spacial score (nSPS) is 19.5. The first-order chi connectivity index (χ1) is 8.95. The summed E-state index contributed by atoms with van der Waals surface area (Å²) in [6.45, 7) is 6.58. The van der Waals surface area contributed by atoms with Gasteiger partial charge in [0.05, 0.1) is 10.7 Å². The van der Waals surface area contributed by atoms with E-state index in [1.807, 2.05) is 0 Å². The summed E-state index contributed by atoms with van der Waals surface area (Å²) < 4.78 is 0. The van der Waals surface area contributed by atoms with Crippen LogP contribution in [0.25, 0.3) is 10.7 Å². The summed E-state index contributed by atoms with van der Waals surface area (Å²) in [6, 6.07) is 0.177. The molecule has 102 valence electrons. The Morgan fingerprint density at radius 2 is 2.11 bits per heavy atom. The van der Waals surface area contributed by atoms with Crippen LogP contribution in [0.5, 0.6) is 0 Å². The van der Waals surface area contributed by atoms with Gasteiger partial charge in [-0.05, 0) is 19.3 Å². The van der Waals surface area contributed by atoms with Crippen molar-refractivity contribution < 1.29 is 0 Å². The van der Waals surface area contributed by atoms with Crippen molar-refractivity contribution in [1.82, 2.24) is 9.97 Å². The predicted octanol–water partition coefficient (Wildman–Crippen LogP) is 3.90. The van der Waals surface area contributed by atoms with Gasteiger partial charge in [-0.3, -0.25) is 0 Å². The third-order valence-corrected chi connectivity index (χ3v) is 5.88.